The normalized spacial score (nSPS) is 10.1. The molecule has 1 amide bonds. The van der Waals surface area contributed by atoms with E-state index in [-0.39, 0.29) is 5.91 Å². The molecule has 3 nitrogen and oxygen atoms in total. The van der Waals surface area contributed by atoms with E-state index in [2.05, 4.69) is 6.58 Å². The second kappa shape index (κ2) is 7.67. The number of hydrogen-bond donors (Lipinski definition) is 1. The molecule has 0 aliphatic rings. The lowest BCUT2D eigenvalue weighted by atomic mass is 10.0. The van der Waals surface area contributed by atoms with E-state index in [1.807, 2.05) is 37.4 Å². The van der Waals surface area contributed by atoms with Crippen molar-refractivity contribution in [1.29, 1.82) is 0 Å². The van der Waals surface area contributed by atoms with Crippen LogP contribution in [0.15, 0.2) is 36.9 Å². The molecular weight excluding hydrogens is 224 g/mol. The van der Waals surface area contributed by atoms with Crippen molar-refractivity contribution in [3.05, 3.63) is 48.0 Å². The molecule has 0 unspecified atom stereocenters. The zero-order valence-corrected chi connectivity index (χ0v) is 11.1. The summed E-state index contributed by atoms with van der Waals surface area (Å²) in [7, 11) is 1.84. The fraction of sp³-hybridized carbons (Fsp3) is 0.400. The molecule has 1 aromatic rings. The summed E-state index contributed by atoms with van der Waals surface area (Å²) >= 11 is 0. The predicted molar refractivity (Wildman–Crippen MR) is 75.1 cm³/mol. The van der Waals surface area contributed by atoms with Crippen LogP contribution >= 0.6 is 0 Å². The van der Waals surface area contributed by atoms with Crippen LogP contribution in [0.3, 0.4) is 0 Å². The van der Waals surface area contributed by atoms with E-state index in [0.29, 0.717) is 13.0 Å². The molecule has 3 heteroatoms. The fourth-order valence-electron chi connectivity index (χ4n) is 1.82. The van der Waals surface area contributed by atoms with Gasteiger partial charge in [0, 0.05) is 20.1 Å². The first-order valence-corrected chi connectivity index (χ1v) is 6.30. The van der Waals surface area contributed by atoms with E-state index in [4.69, 9.17) is 5.73 Å². The van der Waals surface area contributed by atoms with Gasteiger partial charge in [-0.25, -0.2) is 0 Å². The van der Waals surface area contributed by atoms with Crippen LogP contribution in [0.5, 0.6) is 0 Å². The van der Waals surface area contributed by atoms with Gasteiger partial charge < -0.3 is 10.6 Å². The summed E-state index contributed by atoms with van der Waals surface area (Å²) in [6.07, 6.45) is 4.21. The first kappa shape index (κ1) is 14.5. The minimum atomic E-state index is 0.139. The number of nitrogens with zero attached hydrogens (tertiary/aromatic N) is 1. The molecule has 0 radical (unpaired) electrons. The zero-order valence-electron chi connectivity index (χ0n) is 11.1. The molecule has 0 aliphatic heterocycles. The van der Waals surface area contributed by atoms with Crippen LogP contribution in [0.1, 0.15) is 24.0 Å². The number of amides is 1. The summed E-state index contributed by atoms with van der Waals surface area (Å²) in [5, 5.41) is 0. The molecule has 1 aromatic carbocycles. The Morgan fingerprint density at radius 1 is 1.39 bits per heavy atom. The molecule has 0 bridgehead atoms. The Hall–Kier alpha value is -1.61. The average Bonchev–Trinajstić information content (AvgIpc) is 2.39. The van der Waals surface area contributed by atoms with Crippen molar-refractivity contribution >= 4 is 5.91 Å². The van der Waals surface area contributed by atoms with Gasteiger partial charge in [-0.05, 0) is 24.0 Å². The molecule has 0 heterocycles. The quantitative estimate of drug-likeness (QED) is 0.591. The maximum absolute atomic E-state index is 12.0. The van der Waals surface area contributed by atoms with Gasteiger partial charge in [0.2, 0.25) is 5.91 Å². The van der Waals surface area contributed by atoms with Crippen LogP contribution in [-0.2, 0) is 17.8 Å². The van der Waals surface area contributed by atoms with Crippen molar-refractivity contribution in [2.45, 2.75) is 25.8 Å². The lowest BCUT2D eigenvalue weighted by Gasteiger charge is -2.17. The van der Waals surface area contributed by atoms with Gasteiger partial charge in [0.15, 0.2) is 0 Å². The summed E-state index contributed by atoms with van der Waals surface area (Å²) < 4.78 is 0. The van der Waals surface area contributed by atoms with Crippen molar-refractivity contribution in [2.75, 3.05) is 13.6 Å². The third-order valence-corrected chi connectivity index (χ3v) is 3.01. The standard InChI is InChI=1S/C15H22N2O/c1-3-4-7-10-17(2)15(18)11-13-8-5-6-9-14(13)12-16/h3,5-6,8-9H,1,4,7,10-12,16H2,2H3. The molecule has 0 atom stereocenters. The minimum Gasteiger partial charge on any atom is -0.345 e. The smallest absolute Gasteiger partial charge is 0.226 e. The van der Waals surface area contributed by atoms with Gasteiger partial charge in [0.25, 0.3) is 0 Å². The fourth-order valence-corrected chi connectivity index (χ4v) is 1.82. The first-order valence-electron chi connectivity index (χ1n) is 6.30. The summed E-state index contributed by atoms with van der Waals surface area (Å²) in [6.45, 7) is 4.92. The summed E-state index contributed by atoms with van der Waals surface area (Å²) in [5.74, 6) is 0.139. The second-order valence-corrected chi connectivity index (χ2v) is 4.40. The zero-order chi connectivity index (χ0) is 13.4. The van der Waals surface area contributed by atoms with E-state index in [1.54, 1.807) is 4.90 Å². The maximum Gasteiger partial charge on any atom is 0.226 e. The maximum atomic E-state index is 12.0. The predicted octanol–water partition coefficient (Wildman–Crippen LogP) is 2.11. The Morgan fingerprint density at radius 2 is 2.06 bits per heavy atom. The molecule has 2 N–H and O–H groups in total. The molecule has 0 fully saturated rings. The Morgan fingerprint density at radius 3 is 2.67 bits per heavy atom. The molecule has 18 heavy (non-hydrogen) atoms. The average molecular weight is 246 g/mol. The van der Waals surface area contributed by atoms with Crippen LogP contribution in [0.25, 0.3) is 0 Å². The SMILES string of the molecule is C=CCCCN(C)C(=O)Cc1ccccc1CN. The Labute approximate surface area is 109 Å². The van der Waals surface area contributed by atoms with Crippen LogP contribution < -0.4 is 5.73 Å². The van der Waals surface area contributed by atoms with Gasteiger partial charge in [0.1, 0.15) is 0 Å². The molecule has 0 saturated carbocycles. The molecule has 0 aromatic heterocycles. The van der Waals surface area contributed by atoms with Crippen molar-refractivity contribution in [2.24, 2.45) is 5.73 Å². The van der Waals surface area contributed by atoms with Crippen LogP contribution in [0.4, 0.5) is 0 Å². The Bertz CT molecular complexity index is 401. The van der Waals surface area contributed by atoms with Crippen LogP contribution in [0, 0.1) is 0 Å². The summed E-state index contributed by atoms with van der Waals surface area (Å²) in [5.41, 5.74) is 7.74. The number of unbranched alkanes of at least 4 members (excludes halogenated alkanes) is 1. The number of allylic oxidation sites excluding steroid dienone is 1. The third kappa shape index (κ3) is 4.34. The van der Waals surface area contributed by atoms with Gasteiger partial charge in [-0.15, -0.1) is 6.58 Å². The number of carbonyl (C=O) groups excluding carboxylic acids is 1. The number of nitrogens with two attached hydrogens (primary N) is 1. The number of rotatable bonds is 7. The summed E-state index contributed by atoms with van der Waals surface area (Å²) in [6, 6.07) is 7.83. The topological polar surface area (TPSA) is 46.3 Å². The van der Waals surface area contributed by atoms with Crippen LogP contribution in [-0.4, -0.2) is 24.4 Å². The highest BCUT2D eigenvalue weighted by atomic mass is 16.2. The molecule has 0 spiro atoms. The van der Waals surface area contributed by atoms with Crippen LogP contribution in [0.2, 0.25) is 0 Å². The van der Waals surface area contributed by atoms with Gasteiger partial charge in [-0.2, -0.15) is 0 Å². The molecular formula is C15H22N2O. The van der Waals surface area contributed by atoms with Crippen molar-refractivity contribution in [1.82, 2.24) is 4.90 Å². The summed E-state index contributed by atoms with van der Waals surface area (Å²) in [4.78, 5) is 13.8. The monoisotopic (exact) mass is 246 g/mol. The van der Waals surface area contributed by atoms with E-state index in [0.717, 1.165) is 30.5 Å². The molecule has 1 rings (SSSR count). The van der Waals surface area contributed by atoms with Gasteiger partial charge in [0.05, 0.1) is 6.42 Å². The van der Waals surface area contributed by atoms with Crippen molar-refractivity contribution < 1.29 is 4.79 Å². The number of benzene rings is 1. The molecule has 0 saturated heterocycles. The first-order chi connectivity index (χ1) is 8.69. The number of likely N-dealkylation sites (N-methyl/N-ethyl adjacent to an activating group) is 1. The molecule has 98 valence electrons. The molecule has 0 aliphatic carbocycles. The minimum absolute atomic E-state index is 0.139. The lowest BCUT2D eigenvalue weighted by Crippen LogP contribution is -2.29. The second-order valence-electron chi connectivity index (χ2n) is 4.40. The Kier molecular flexibility index (Phi) is 6.15. The number of carbonyl (C=O) groups is 1. The number of hydrogen-bond acceptors (Lipinski definition) is 2. The van der Waals surface area contributed by atoms with E-state index in [1.165, 1.54) is 0 Å². The van der Waals surface area contributed by atoms with E-state index < -0.39 is 0 Å². The lowest BCUT2D eigenvalue weighted by molar-refractivity contribution is -0.129. The highest BCUT2D eigenvalue weighted by Crippen LogP contribution is 2.10. The largest absolute Gasteiger partial charge is 0.345 e. The van der Waals surface area contributed by atoms with Crippen molar-refractivity contribution in [3.8, 4) is 0 Å². The van der Waals surface area contributed by atoms with E-state index >= 15 is 0 Å². The highest BCUT2D eigenvalue weighted by molar-refractivity contribution is 5.78. The highest BCUT2D eigenvalue weighted by Gasteiger charge is 2.10. The third-order valence-electron chi connectivity index (χ3n) is 3.01. The van der Waals surface area contributed by atoms with Crippen molar-refractivity contribution in [3.63, 3.8) is 0 Å². The van der Waals surface area contributed by atoms with Gasteiger partial charge in [-0.3, -0.25) is 4.79 Å². The van der Waals surface area contributed by atoms with Gasteiger partial charge >= 0.3 is 0 Å². The Balaban J connectivity index is 2.55. The van der Waals surface area contributed by atoms with E-state index in [9.17, 15) is 4.79 Å². The van der Waals surface area contributed by atoms with Gasteiger partial charge in [-0.1, -0.05) is 30.3 Å².